The number of methoxy groups -OCH3 is 1. The second kappa shape index (κ2) is 4.72. The minimum Gasteiger partial charge on any atom is -0.373 e. The molecule has 0 aromatic carbocycles. The predicted octanol–water partition coefficient (Wildman–Crippen LogP) is 3.45. The summed E-state index contributed by atoms with van der Waals surface area (Å²) in [6.07, 6.45) is 2.48. The van der Waals surface area contributed by atoms with E-state index in [1.165, 1.54) is 23.3 Å². The number of nitrogens with one attached hydrogen (secondary N) is 1. The number of aryl methyl sites for hydroxylation is 2. The van der Waals surface area contributed by atoms with Crippen LogP contribution in [0.5, 0.6) is 0 Å². The summed E-state index contributed by atoms with van der Waals surface area (Å²) in [6.45, 7) is 4.27. The van der Waals surface area contributed by atoms with Crippen molar-refractivity contribution in [1.29, 1.82) is 0 Å². The molecule has 1 N–H and O–H groups in total. The fraction of sp³-hybridized carbons (Fsp3) is 0.571. The van der Waals surface area contributed by atoms with Crippen molar-refractivity contribution < 1.29 is 4.74 Å². The highest BCUT2D eigenvalue weighted by Crippen LogP contribution is 2.43. The van der Waals surface area contributed by atoms with Crippen molar-refractivity contribution in [2.75, 3.05) is 19.5 Å². The summed E-state index contributed by atoms with van der Waals surface area (Å²) >= 11 is 1.74. The summed E-state index contributed by atoms with van der Waals surface area (Å²) < 4.78 is 5.60. The normalized spacial score (nSPS) is 16.8. The van der Waals surface area contributed by atoms with Crippen molar-refractivity contribution in [2.24, 2.45) is 5.92 Å². The Morgan fingerprint density at radius 3 is 2.63 bits per heavy atom. The Morgan fingerprint density at radius 1 is 1.32 bits per heavy atom. The van der Waals surface area contributed by atoms with E-state index >= 15 is 0 Å². The van der Waals surface area contributed by atoms with E-state index in [0.717, 1.165) is 21.9 Å². The molecule has 2 heterocycles. The van der Waals surface area contributed by atoms with Crippen molar-refractivity contribution >= 4 is 27.4 Å². The molecule has 1 atom stereocenters. The van der Waals surface area contributed by atoms with Crippen molar-refractivity contribution in [1.82, 2.24) is 9.97 Å². The SMILES string of the molecule is CNc1nc(C(OC)C2CC2)nc2sc(C)c(C)c12. The molecule has 0 spiro atoms. The molecule has 2 aromatic heterocycles. The third-order valence-corrected chi connectivity index (χ3v) is 4.94. The number of thiophene rings is 1. The Hall–Kier alpha value is -1.20. The van der Waals surface area contributed by atoms with Gasteiger partial charge in [0.1, 0.15) is 16.8 Å². The van der Waals surface area contributed by atoms with Crippen LogP contribution in [0.3, 0.4) is 0 Å². The minimum absolute atomic E-state index is 0.0409. The molecule has 5 heteroatoms. The van der Waals surface area contributed by atoms with Gasteiger partial charge in [-0.1, -0.05) is 0 Å². The first kappa shape index (κ1) is 12.8. The minimum atomic E-state index is 0.0409. The number of ether oxygens (including phenoxy) is 1. The summed E-state index contributed by atoms with van der Waals surface area (Å²) in [7, 11) is 3.66. The van der Waals surface area contributed by atoms with Gasteiger partial charge in [0.2, 0.25) is 0 Å². The monoisotopic (exact) mass is 277 g/mol. The lowest BCUT2D eigenvalue weighted by molar-refractivity contribution is 0.0776. The zero-order valence-electron chi connectivity index (χ0n) is 11.8. The van der Waals surface area contributed by atoms with Gasteiger partial charge in [-0.2, -0.15) is 0 Å². The predicted molar refractivity (Wildman–Crippen MR) is 78.9 cm³/mol. The van der Waals surface area contributed by atoms with Gasteiger partial charge in [0.15, 0.2) is 5.82 Å². The van der Waals surface area contributed by atoms with E-state index in [0.29, 0.717) is 5.92 Å². The van der Waals surface area contributed by atoms with E-state index in [1.54, 1.807) is 18.4 Å². The first-order valence-corrected chi connectivity index (χ1v) is 7.45. The van der Waals surface area contributed by atoms with Crippen LogP contribution in [0, 0.1) is 19.8 Å². The molecule has 0 radical (unpaired) electrons. The molecule has 1 fully saturated rings. The Kier molecular flexibility index (Phi) is 3.19. The highest BCUT2D eigenvalue weighted by molar-refractivity contribution is 7.18. The number of hydrogen-bond donors (Lipinski definition) is 1. The Labute approximate surface area is 117 Å². The van der Waals surface area contributed by atoms with E-state index in [2.05, 4.69) is 24.1 Å². The maximum absolute atomic E-state index is 5.60. The van der Waals surface area contributed by atoms with E-state index in [-0.39, 0.29) is 6.10 Å². The zero-order valence-corrected chi connectivity index (χ0v) is 12.6. The number of fused-ring (bicyclic) bond motifs is 1. The van der Waals surface area contributed by atoms with Crippen LogP contribution < -0.4 is 5.32 Å². The first-order chi connectivity index (χ1) is 9.15. The van der Waals surface area contributed by atoms with E-state index < -0.39 is 0 Å². The highest BCUT2D eigenvalue weighted by atomic mass is 32.1. The lowest BCUT2D eigenvalue weighted by Gasteiger charge is -2.14. The van der Waals surface area contributed by atoms with Crippen molar-refractivity contribution in [3.63, 3.8) is 0 Å². The Bertz CT molecular complexity index is 619. The standard InChI is InChI=1S/C14H19N3OS/c1-7-8(2)19-14-10(7)12(15-3)16-13(17-14)11(18-4)9-5-6-9/h9,11H,5-6H2,1-4H3,(H,15,16,17). The van der Waals surface area contributed by atoms with Gasteiger partial charge in [-0.05, 0) is 38.2 Å². The van der Waals surface area contributed by atoms with Gasteiger partial charge in [0.25, 0.3) is 0 Å². The highest BCUT2D eigenvalue weighted by Gasteiger charge is 2.35. The van der Waals surface area contributed by atoms with Gasteiger partial charge < -0.3 is 10.1 Å². The van der Waals surface area contributed by atoms with Crippen molar-refractivity contribution in [3.8, 4) is 0 Å². The van der Waals surface area contributed by atoms with Crippen LogP contribution in [0.4, 0.5) is 5.82 Å². The van der Waals surface area contributed by atoms with Gasteiger partial charge in [-0.25, -0.2) is 9.97 Å². The molecule has 0 bridgehead atoms. The first-order valence-electron chi connectivity index (χ1n) is 6.64. The van der Waals surface area contributed by atoms with Gasteiger partial charge in [-0.3, -0.25) is 0 Å². The van der Waals surface area contributed by atoms with Gasteiger partial charge in [-0.15, -0.1) is 11.3 Å². The summed E-state index contributed by atoms with van der Waals surface area (Å²) in [5.41, 5.74) is 1.27. The maximum atomic E-state index is 5.60. The third kappa shape index (κ3) is 2.11. The third-order valence-electron chi connectivity index (χ3n) is 3.84. The van der Waals surface area contributed by atoms with Crippen LogP contribution in [0.15, 0.2) is 0 Å². The molecule has 2 aromatic rings. The molecular formula is C14H19N3OS. The molecule has 0 amide bonds. The molecule has 3 rings (SSSR count). The topological polar surface area (TPSA) is 47.0 Å². The molecule has 1 aliphatic rings. The molecule has 1 aliphatic carbocycles. The summed E-state index contributed by atoms with van der Waals surface area (Å²) in [4.78, 5) is 11.8. The van der Waals surface area contributed by atoms with Crippen LogP contribution in [0.2, 0.25) is 0 Å². The van der Waals surface area contributed by atoms with E-state index in [4.69, 9.17) is 9.72 Å². The molecule has 4 nitrogen and oxygen atoms in total. The molecule has 102 valence electrons. The lowest BCUT2D eigenvalue weighted by atomic mass is 10.2. The van der Waals surface area contributed by atoms with Crippen molar-refractivity contribution in [2.45, 2.75) is 32.8 Å². The summed E-state index contributed by atoms with van der Waals surface area (Å²) in [5, 5.41) is 4.36. The molecular weight excluding hydrogens is 258 g/mol. The number of rotatable bonds is 4. The van der Waals surface area contributed by atoms with Crippen LogP contribution in [0.1, 0.15) is 35.2 Å². The maximum Gasteiger partial charge on any atom is 0.161 e. The van der Waals surface area contributed by atoms with Crippen LogP contribution in [-0.4, -0.2) is 24.1 Å². The van der Waals surface area contributed by atoms with E-state index in [9.17, 15) is 0 Å². The zero-order chi connectivity index (χ0) is 13.6. The average Bonchev–Trinajstić information content (AvgIpc) is 3.18. The summed E-state index contributed by atoms with van der Waals surface area (Å²) in [6, 6.07) is 0. The lowest BCUT2D eigenvalue weighted by Crippen LogP contribution is -2.10. The molecule has 0 aliphatic heterocycles. The molecule has 1 saturated carbocycles. The largest absolute Gasteiger partial charge is 0.373 e. The van der Waals surface area contributed by atoms with Gasteiger partial charge >= 0.3 is 0 Å². The fourth-order valence-corrected chi connectivity index (χ4v) is 3.52. The molecule has 0 saturated heterocycles. The Balaban J connectivity index is 2.16. The molecule has 1 unspecified atom stereocenters. The van der Waals surface area contributed by atoms with Gasteiger partial charge in [0, 0.05) is 19.0 Å². The molecule has 19 heavy (non-hydrogen) atoms. The quantitative estimate of drug-likeness (QED) is 0.930. The number of hydrogen-bond acceptors (Lipinski definition) is 5. The Morgan fingerprint density at radius 2 is 2.05 bits per heavy atom. The van der Waals surface area contributed by atoms with Crippen LogP contribution in [-0.2, 0) is 4.74 Å². The number of nitrogens with zero attached hydrogens (tertiary/aromatic N) is 2. The fourth-order valence-electron chi connectivity index (χ4n) is 2.48. The van der Waals surface area contributed by atoms with Crippen molar-refractivity contribution in [3.05, 3.63) is 16.3 Å². The number of aromatic nitrogens is 2. The number of anilines is 1. The summed E-state index contributed by atoms with van der Waals surface area (Å²) in [5.74, 6) is 2.34. The van der Waals surface area contributed by atoms with Gasteiger partial charge in [0.05, 0.1) is 5.39 Å². The second-order valence-electron chi connectivity index (χ2n) is 5.14. The van der Waals surface area contributed by atoms with Crippen LogP contribution in [0.25, 0.3) is 10.2 Å². The average molecular weight is 277 g/mol. The van der Waals surface area contributed by atoms with E-state index in [1.807, 2.05) is 7.05 Å². The second-order valence-corrected chi connectivity index (χ2v) is 6.34. The van der Waals surface area contributed by atoms with Crippen LogP contribution >= 0.6 is 11.3 Å². The smallest absolute Gasteiger partial charge is 0.161 e.